The zero-order chi connectivity index (χ0) is 18.5. The van der Waals surface area contributed by atoms with Crippen molar-refractivity contribution >= 4 is 35.2 Å². The second-order valence-electron chi connectivity index (χ2n) is 6.70. The molecule has 0 saturated heterocycles. The van der Waals surface area contributed by atoms with Gasteiger partial charge in [0.2, 0.25) is 5.91 Å². The summed E-state index contributed by atoms with van der Waals surface area (Å²) >= 11 is 12.0. The molecule has 0 saturated carbocycles. The Morgan fingerprint density at radius 1 is 1.12 bits per heavy atom. The number of carbonyl (C=O) groups is 1. The third-order valence-corrected chi connectivity index (χ3v) is 5.44. The SMILES string of the molecule is CCC(NC(=O)/C=C/c1ccc(Cl)cc1Cl)c1ccc2c(c1)CCCC2. The van der Waals surface area contributed by atoms with Crippen molar-refractivity contribution in [2.75, 3.05) is 0 Å². The lowest BCUT2D eigenvalue weighted by molar-refractivity contribution is -0.117. The summed E-state index contributed by atoms with van der Waals surface area (Å²) in [6.45, 7) is 2.09. The molecular formula is C22H23Cl2NO. The van der Waals surface area contributed by atoms with Crippen LogP contribution < -0.4 is 5.32 Å². The third-order valence-electron chi connectivity index (χ3n) is 4.88. The number of aryl methyl sites for hydroxylation is 2. The number of halogens is 2. The van der Waals surface area contributed by atoms with Gasteiger partial charge in [0.15, 0.2) is 0 Å². The van der Waals surface area contributed by atoms with Crippen molar-refractivity contribution in [1.82, 2.24) is 5.32 Å². The monoisotopic (exact) mass is 387 g/mol. The van der Waals surface area contributed by atoms with E-state index in [-0.39, 0.29) is 11.9 Å². The summed E-state index contributed by atoms with van der Waals surface area (Å²) in [4.78, 5) is 12.4. The summed E-state index contributed by atoms with van der Waals surface area (Å²) in [6.07, 6.45) is 8.93. The lowest BCUT2D eigenvalue weighted by Crippen LogP contribution is -2.26. The lowest BCUT2D eigenvalue weighted by Gasteiger charge is -2.21. The van der Waals surface area contributed by atoms with Gasteiger partial charge in [0.1, 0.15) is 0 Å². The smallest absolute Gasteiger partial charge is 0.244 e. The third kappa shape index (κ3) is 4.69. The van der Waals surface area contributed by atoms with E-state index in [2.05, 4.69) is 30.4 Å². The van der Waals surface area contributed by atoms with E-state index in [0.717, 1.165) is 18.4 Å². The Morgan fingerprint density at radius 3 is 2.62 bits per heavy atom. The summed E-state index contributed by atoms with van der Waals surface area (Å²) in [5, 5.41) is 4.21. The Labute approximate surface area is 165 Å². The standard InChI is InChI=1S/C22H23Cl2NO/c1-2-21(18-8-7-15-5-3-4-6-17(15)13-18)25-22(26)12-10-16-9-11-19(23)14-20(16)24/h7-14,21H,2-6H2,1H3,(H,25,26)/b12-10+. The number of hydrogen-bond donors (Lipinski definition) is 1. The predicted molar refractivity (Wildman–Crippen MR) is 110 cm³/mol. The Morgan fingerprint density at radius 2 is 1.88 bits per heavy atom. The zero-order valence-corrected chi connectivity index (χ0v) is 16.4. The van der Waals surface area contributed by atoms with E-state index in [9.17, 15) is 4.79 Å². The lowest BCUT2D eigenvalue weighted by atomic mass is 9.89. The first-order valence-electron chi connectivity index (χ1n) is 9.12. The van der Waals surface area contributed by atoms with Crippen LogP contribution in [-0.2, 0) is 17.6 Å². The molecule has 3 rings (SSSR count). The minimum absolute atomic E-state index is 0.0140. The molecule has 1 N–H and O–H groups in total. The van der Waals surface area contributed by atoms with E-state index in [4.69, 9.17) is 23.2 Å². The van der Waals surface area contributed by atoms with Crippen molar-refractivity contribution in [2.24, 2.45) is 0 Å². The highest BCUT2D eigenvalue weighted by atomic mass is 35.5. The number of amides is 1. The molecule has 1 unspecified atom stereocenters. The molecule has 136 valence electrons. The second kappa shape index (κ2) is 8.75. The van der Waals surface area contributed by atoms with Gasteiger partial charge in [-0.1, -0.05) is 54.4 Å². The van der Waals surface area contributed by atoms with Gasteiger partial charge < -0.3 is 5.32 Å². The summed E-state index contributed by atoms with van der Waals surface area (Å²) in [5.74, 6) is -0.124. The summed E-state index contributed by atoms with van der Waals surface area (Å²) in [7, 11) is 0. The van der Waals surface area contributed by atoms with Crippen LogP contribution in [0.3, 0.4) is 0 Å². The molecule has 1 aliphatic carbocycles. The molecule has 0 spiro atoms. The molecule has 1 amide bonds. The molecule has 0 aliphatic heterocycles. The van der Waals surface area contributed by atoms with Crippen LogP contribution in [0.5, 0.6) is 0 Å². The van der Waals surface area contributed by atoms with E-state index in [1.165, 1.54) is 42.0 Å². The maximum atomic E-state index is 12.4. The average Bonchev–Trinajstić information content (AvgIpc) is 2.65. The summed E-state index contributed by atoms with van der Waals surface area (Å²) in [6, 6.07) is 11.9. The first-order chi connectivity index (χ1) is 12.6. The fourth-order valence-corrected chi connectivity index (χ4v) is 3.88. The molecule has 1 aliphatic rings. The highest BCUT2D eigenvalue weighted by molar-refractivity contribution is 6.35. The van der Waals surface area contributed by atoms with E-state index in [1.807, 2.05) is 0 Å². The molecule has 2 aromatic rings. The number of nitrogens with one attached hydrogen (secondary N) is 1. The van der Waals surface area contributed by atoms with E-state index in [1.54, 1.807) is 24.3 Å². The average molecular weight is 388 g/mol. The Hall–Kier alpha value is -1.77. The fourth-order valence-electron chi connectivity index (χ4n) is 3.41. The molecule has 0 heterocycles. The minimum atomic E-state index is -0.124. The molecule has 2 nitrogen and oxygen atoms in total. The van der Waals surface area contributed by atoms with Crippen molar-refractivity contribution in [3.05, 3.63) is 74.8 Å². The minimum Gasteiger partial charge on any atom is -0.346 e. The van der Waals surface area contributed by atoms with E-state index < -0.39 is 0 Å². The summed E-state index contributed by atoms with van der Waals surface area (Å²) < 4.78 is 0. The van der Waals surface area contributed by atoms with Crippen molar-refractivity contribution in [3.8, 4) is 0 Å². The second-order valence-corrected chi connectivity index (χ2v) is 7.55. The molecule has 1 atom stereocenters. The van der Waals surface area contributed by atoms with E-state index >= 15 is 0 Å². The maximum Gasteiger partial charge on any atom is 0.244 e. The van der Waals surface area contributed by atoms with Crippen LogP contribution in [0.25, 0.3) is 6.08 Å². The number of hydrogen-bond acceptors (Lipinski definition) is 1. The fraction of sp³-hybridized carbons (Fsp3) is 0.318. The normalized spacial score (nSPS) is 14.9. The van der Waals surface area contributed by atoms with Crippen molar-refractivity contribution < 1.29 is 4.79 Å². The first-order valence-corrected chi connectivity index (χ1v) is 9.87. The largest absolute Gasteiger partial charge is 0.346 e. The molecular weight excluding hydrogens is 365 g/mol. The van der Waals surface area contributed by atoms with Gasteiger partial charge in [0.25, 0.3) is 0 Å². The van der Waals surface area contributed by atoms with E-state index in [0.29, 0.717) is 10.0 Å². The highest BCUT2D eigenvalue weighted by Gasteiger charge is 2.15. The number of rotatable bonds is 5. The number of benzene rings is 2. The number of carbonyl (C=O) groups excluding carboxylic acids is 1. The highest BCUT2D eigenvalue weighted by Crippen LogP contribution is 2.26. The molecule has 0 fully saturated rings. The zero-order valence-electron chi connectivity index (χ0n) is 14.9. The van der Waals surface area contributed by atoms with Crippen LogP contribution in [0, 0.1) is 0 Å². The predicted octanol–water partition coefficient (Wildman–Crippen LogP) is 6.15. The van der Waals surface area contributed by atoms with Gasteiger partial charge in [0, 0.05) is 16.1 Å². The van der Waals surface area contributed by atoms with Crippen molar-refractivity contribution in [3.63, 3.8) is 0 Å². The molecule has 0 bridgehead atoms. The van der Waals surface area contributed by atoms with Crippen LogP contribution in [0.2, 0.25) is 10.0 Å². The number of fused-ring (bicyclic) bond motifs is 1. The van der Waals surface area contributed by atoms with Gasteiger partial charge in [-0.3, -0.25) is 4.79 Å². The molecule has 0 aromatic heterocycles. The van der Waals surface area contributed by atoms with Crippen LogP contribution in [-0.4, -0.2) is 5.91 Å². The molecule has 2 aromatic carbocycles. The maximum absolute atomic E-state index is 12.4. The quantitative estimate of drug-likeness (QED) is 0.612. The van der Waals surface area contributed by atoms with Gasteiger partial charge in [-0.15, -0.1) is 0 Å². The van der Waals surface area contributed by atoms with Crippen LogP contribution in [0.4, 0.5) is 0 Å². The van der Waals surface area contributed by atoms with Gasteiger partial charge in [0.05, 0.1) is 6.04 Å². The van der Waals surface area contributed by atoms with Gasteiger partial charge in [-0.2, -0.15) is 0 Å². The van der Waals surface area contributed by atoms with Gasteiger partial charge in [-0.25, -0.2) is 0 Å². The Balaban J connectivity index is 1.69. The van der Waals surface area contributed by atoms with Crippen LogP contribution >= 0.6 is 23.2 Å². The molecule has 26 heavy (non-hydrogen) atoms. The van der Waals surface area contributed by atoms with Crippen molar-refractivity contribution in [1.29, 1.82) is 0 Å². The summed E-state index contributed by atoms with van der Waals surface area (Å²) in [5.41, 5.74) is 4.84. The molecule has 0 radical (unpaired) electrons. The Bertz CT molecular complexity index is 829. The van der Waals surface area contributed by atoms with Gasteiger partial charge in [-0.05, 0) is 72.6 Å². The van der Waals surface area contributed by atoms with Crippen LogP contribution in [0.1, 0.15) is 54.5 Å². The van der Waals surface area contributed by atoms with Crippen molar-refractivity contribution in [2.45, 2.75) is 45.1 Å². The van der Waals surface area contributed by atoms with Crippen LogP contribution in [0.15, 0.2) is 42.5 Å². The van der Waals surface area contributed by atoms with Gasteiger partial charge >= 0.3 is 0 Å². The Kier molecular flexibility index (Phi) is 6.39. The topological polar surface area (TPSA) is 29.1 Å². The first kappa shape index (κ1) is 19.0. The molecule has 4 heteroatoms.